The van der Waals surface area contributed by atoms with E-state index in [2.05, 4.69) is 51.8 Å². The Balaban J connectivity index is 1.90. The van der Waals surface area contributed by atoms with E-state index in [1.54, 1.807) is 4.90 Å². The fraction of sp³-hybridized carbons (Fsp3) is 0.500. The molecule has 1 aromatic heterocycles. The van der Waals surface area contributed by atoms with Crippen LogP contribution in [0.2, 0.25) is 0 Å². The summed E-state index contributed by atoms with van der Waals surface area (Å²) in [7, 11) is 1.82. The van der Waals surface area contributed by atoms with Gasteiger partial charge in [0.25, 0.3) is 0 Å². The molecule has 2 atom stereocenters. The molecule has 1 N–H and O–H groups in total. The van der Waals surface area contributed by atoms with Crippen molar-refractivity contribution in [2.45, 2.75) is 33.1 Å². The smallest absolute Gasteiger partial charge is 0.225 e. The highest BCUT2D eigenvalue weighted by Gasteiger charge is 2.21. The zero-order chi connectivity index (χ0) is 16.1. The van der Waals surface area contributed by atoms with Crippen LogP contribution in [0.25, 0.3) is 0 Å². The summed E-state index contributed by atoms with van der Waals surface area (Å²) in [6.07, 6.45) is 0.750. The van der Waals surface area contributed by atoms with Crippen LogP contribution < -0.4 is 0 Å². The maximum absolute atomic E-state index is 12.5. The SMILES string of the molecule is Cc1ccc(C[C@@H](C)C(=O)N(C)C[C@H](C)c2nn[nH]n2)cc1. The monoisotopic (exact) mass is 301 g/mol. The van der Waals surface area contributed by atoms with Gasteiger partial charge in [-0.15, -0.1) is 10.2 Å². The van der Waals surface area contributed by atoms with Crippen molar-refractivity contribution < 1.29 is 4.79 Å². The van der Waals surface area contributed by atoms with E-state index in [0.717, 1.165) is 6.42 Å². The van der Waals surface area contributed by atoms with E-state index in [9.17, 15) is 4.79 Å². The topological polar surface area (TPSA) is 74.8 Å². The van der Waals surface area contributed by atoms with Crippen molar-refractivity contribution in [2.24, 2.45) is 5.92 Å². The van der Waals surface area contributed by atoms with Gasteiger partial charge in [-0.05, 0) is 18.9 Å². The van der Waals surface area contributed by atoms with Gasteiger partial charge in [0.1, 0.15) is 0 Å². The zero-order valence-electron chi connectivity index (χ0n) is 13.6. The maximum atomic E-state index is 12.5. The Morgan fingerprint density at radius 2 is 1.95 bits per heavy atom. The number of aromatic nitrogens is 4. The molecule has 0 saturated carbocycles. The first kappa shape index (κ1) is 16.1. The van der Waals surface area contributed by atoms with E-state index in [1.165, 1.54) is 11.1 Å². The minimum atomic E-state index is -0.0508. The lowest BCUT2D eigenvalue weighted by Crippen LogP contribution is -2.35. The number of tetrazole rings is 1. The lowest BCUT2D eigenvalue weighted by Gasteiger charge is -2.23. The number of aryl methyl sites for hydroxylation is 1. The third-order valence-corrected chi connectivity index (χ3v) is 3.81. The van der Waals surface area contributed by atoms with E-state index in [-0.39, 0.29) is 17.7 Å². The second kappa shape index (κ2) is 7.15. The van der Waals surface area contributed by atoms with Crippen molar-refractivity contribution in [1.82, 2.24) is 25.5 Å². The van der Waals surface area contributed by atoms with Crippen LogP contribution in [0.3, 0.4) is 0 Å². The van der Waals surface area contributed by atoms with Gasteiger partial charge in [0.2, 0.25) is 5.91 Å². The Bertz CT molecular complexity index is 594. The molecule has 0 aliphatic heterocycles. The normalized spacial score (nSPS) is 13.6. The van der Waals surface area contributed by atoms with Gasteiger partial charge in [0, 0.05) is 25.4 Å². The summed E-state index contributed by atoms with van der Waals surface area (Å²) in [6, 6.07) is 8.32. The molecular formula is C16H23N5O. The van der Waals surface area contributed by atoms with Crippen molar-refractivity contribution in [3.05, 3.63) is 41.2 Å². The van der Waals surface area contributed by atoms with Crippen LogP contribution in [0.4, 0.5) is 0 Å². The molecule has 0 fully saturated rings. The average molecular weight is 301 g/mol. The van der Waals surface area contributed by atoms with Gasteiger partial charge < -0.3 is 4.90 Å². The Hall–Kier alpha value is -2.24. The Labute approximate surface area is 130 Å². The molecule has 6 heteroatoms. The summed E-state index contributed by atoms with van der Waals surface area (Å²) in [5.74, 6) is 0.770. The molecule has 22 heavy (non-hydrogen) atoms. The molecular weight excluding hydrogens is 278 g/mol. The number of nitrogens with one attached hydrogen (secondary N) is 1. The van der Waals surface area contributed by atoms with Gasteiger partial charge in [-0.2, -0.15) is 5.21 Å². The van der Waals surface area contributed by atoms with Crippen molar-refractivity contribution >= 4 is 5.91 Å². The van der Waals surface area contributed by atoms with Crippen molar-refractivity contribution in [3.63, 3.8) is 0 Å². The summed E-state index contributed by atoms with van der Waals surface area (Å²) in [6.45, 7) is 6.60. The molecule has 6 nitrogen and oxygen atoms in total. The van der Waals surface area contributed by atoms with E-state index < -0.39 is 0 Å². The summed E-state index contributed by atoms with van der Waals surface area (Å²) < 4.78 is 0. The minimum absolute atomic E-state index is 0.0508. The van der Waals surface area contributed by atoms with Crippen molar-refractivity contribution in [2.75, 3.05) is 13.6 Å². The van der Waals surface area contributed by atoms with Crippen molar-refractivity contribution in [3.8, 4) is 0 Å². The van der Waals surface area contributed by atoms with Crippen LogP contribution in [0.15, 0.2) is 24.3 Å². The largest absolute Gasteiger partial charge is 0.345 e. The second-order valence-electron chi connectivity index (χ2n) is 5.98. The number of H-pyrrole nitrogens is 1. The first-order chi connectivity index (χ1) is 10.5. The number of carbonyl (C=O) groups excluding carboxylic acids is 1. The summed E-state index contributed by atoms with van der Waals surface area (Å²) in [5.41, 5.74) is 2.42. The molecule has 0 bridgehead atoms. The van der Waals surface area contributed by atoms with Crippen LogP contribution in [-0.4, -0.2) is 45.0 Å². The molecule has 1 aromatic carbocycles. The Morgan fingerprint density at radius 1 is 1.27 bits per heavy atom. The van der Waals surface area contributed by atoms with Crippen LogP contribution in [-0.2, 0) is 11.2 Å². The van der Waals surface area contributed by atoms with E-state index >= 15 is 0 Å². The third-order valence-electron chi connectivity index (χ3n) is 3.81. The number of amides is 1. The maximum Gasteiger partial charge on any atom is 0.225 e. The van der Waals surface area contributed by atoms with E-state index in [0.29, 0.717) is 12.4 Å². The highest BCUT2D eigenvalue weighted by molar-refractivity contribution is 5.78. The predicted octanol–water partition coefficient (Wildman–Crippen LogP) is 1.95. The lowest BCUT2D eigenvalue weighted by atomic mass is 9.98. The molecule has 2 rings (SSSR count). The Kier molecular flexibility index (Phi) is 5.25. The number of hydrogen-bond donors (Lipinski definition) is 1. The number of aromatic amines is 1. The van der Waals surface area contributed by atoms with Gasteiger partial charge in [-0.1, -0.05) is 48.9 Å². The molecule has 0 saturated heterocycles. The van der Waals surface area contributed by atoms with Gasteiger partial charge in [-0.25, -0.2) is 0 Å². The number of benzene rings is 1. The van der Waals surface area contributed by atoms with Crippen LogP contribution in [0, 0.1) is 12.8 Å². The van der Waals surface area contributed by atoms with Gasteiger partial charge in [-0.3, -0.25) is 4.79 Å². The summed E-state index contributed by atoms with van der Waals surface area (Å²) in [4.78, 5) is 14.2. The lowest BCUT2D eigenvalue weighted by molar-refractivity contribution is -0.133. The van der Waals surface area contributed by atoms with E-state index in [1.807, 2.05) is 20.9 Å². The van der Waals surface area contributed by atoms with Crippen LogP contribution >= 0.6 is 0 Å². The molecule has 0 radical (unpaired) electrons. The van der Waals surface area contributed by atoms with Gasteiger partial charge in [0.05, 0.1) is 0 Å². The number of hydrogen-bond acceptors (Lipinski definition) is 4. The number of nitrogens with zero attached hydrogens (tertiary/aromatic N) is 4. The molecule has 118 valence electrons. The minimum Gasteiger partial charge on any atom is -0.345 e. The standard InChI is InChI=1S/C16H23N5O/c1-11-5-7-14(8-6-11)9-12(2)16(22)21(4)10-13(3)15-17-19-20-18-15/h5-8,12-13H,9-10H2,1-4H3,(H,17,18,19,20)/t12-,13+/m1/s1. The Morgan fingerprint density at radius 3 is 2.55 bits per heavy atom. The predicted molar refractivity (Wildman–Crippen MR) is 84.3 cm³/mol. The number of carbonyl (C=O) groups is 1. The summed E-state index contributed by atoms with van der Waals surface area (Å²) >= 11 is 0. The molecule has 0 spiro atoms. The van der Waals surface area contributed by atoms with Crippen LogP contribution in [0.5, 0.6) is 0 Å². The molecule has 0 unspecified atom stereocenters. The van der Waals surface area contributed by atoms with Gasteiger partial charge in [0.15, 0.2) is 5.82 Å². The first-order valence-electron chi connectivity index (χ1n) is 7.51. The molecule has 0 aliphatic rings. The average Bonchev–Trinajstić information content (AvgIpc) is 3.03. The highest BCUT2D eigenvalue weighted by Crippen LogP contribution is 2.15. The first-order valence-corrected chi connectivity index (χ1v) is 7.51. The quantitative estimate of drug-likeness (QED) is 0.885. The summed E-state index contributed by atoms with van der Waals surface area (Å²) in [5, 5.41) is 13.9. The van der Waals surface area contributed by atoms with E-state index in [4.69, 9.17) is 0 Å². The number of likely N-dealkylation sites (N-methyl/N-ethyl adjacent to an activating group) is 1. The third kappa shape index (κ3) is 4.13. The fourth-order valence-corrected chi connectivity index (χ4v) is 2.50. The second-order valence-corrected chi connectivity index (χ2v) is 5.98. The molecule has 1 heterocycles. The zero-order valence-corrected chi connectivity index (χ0v) is 13.6. The van der Waals surface area contributed by atoms with Gasteiger partial charge >= 0.3 is 0 Å². The number of rotatable bonds is 6. The molecule has 0 aliphatic carbocycles. The molecule has 2 aromatic rings. The van der Waals surface area contributed by atoms with Crippen molar-refractivity contribution in [1.29, 1.82) is 0 Å². The molecule has 1 amide bonds. The van der Waals surface area contributed by atoms with Crippen LogP contribution in [0.1, 0.15) is 36.7 Å². The fourth-order valence-electron chi connectivity index (χ4n) is 2.50. The highest BCUT2D eigenvalue weighted by atomic mass is 16.2.